The molecule has 1 aliphatic carbocycles. The Balaban J connectivity index is 2.10. The number of benzene rings is 1. The Morgan fingerprint density at radius 2 is 2.12 bits per heavy atom. The maximum Gasteiger partial charge on any atom is 0.136 e. The molecular formula is C14H11NO. The Morgan fingerprint density at radius 3 is 3.12 bits per heavy atom. The molecule has 0 radical (unpaired) electrons. The van der Waals surface area contributed by atoms with Crippen LogP contribution in [0.2, 0.25) is 0 Å². The molecule has 0 N–H and O–H groups in total. The van der Waals surface area contributed by atoms with Crippen LogP contribution in [0.15, 0.2) is 65.0 Å². The molecule has 1 aromatic carbocycles. The quantitative estimate of drug-likeness (QED) is 0.642. The smallest absolute Gasteiger partial charge is 0.136 e. The molecule has 0 saturated heterocycles. The Hall–Kier alpha value is -2.09. The first-order valence-corrected chi connectivity index (χ1v) is 5.31. The third-order valence-electron chi connectivity index (χ3n) is 2.59. The second kappa shape index (κ2) is 3.81. The highest BCUT2D eigenvalue weighted by Crippen LogP contribution is 2.26. The molecular weight excluding hydrogens is 198 g/mol. The fourth-order valence-electron chi connectivity index (χ4n) is 1.77. The third-order valence-corrected chi connectivity index (χ3v) is 2.59. The van der Waals surface area contributed by atoms with Gasteiger partial charge in [0.2, 0.25) is 0 Å². The van der Waals surface area contributed by atoms with Crippen LogP contribution >= 0.6 is 0 Å². The highest BCUT2D eigenvalue weighted by Gasteiger charge is 2.11. The number of ether oxygens (including phenoxy) is 1. The second-order valence-electron chi connectivity index (χ2n) is 3.71. The molecule has 78 valence electrons. The van der Waals surface area contributed by atoms with Gasteiger partial charge in [-0.1, -0.05) is 24.3 Å². The van der Waals surface area contributed by atoms with Crippen molar-refractivity contribution in [3.8, 4) is 5.75 Å². The largest absolute Gasteiger partial charge is 0.456 e. The normalized spacial score (nSPS) is 22.5. The molecule has 3 rings (SSSR count). The zero-order chi connectivity index (χ0) is 10.8. The van der Waals surface area contributed by atoms with Gasteiger partial charge in [0.05, 0.1) is 0 Å². The van der Waals surface area contributed by atoms with Crippen molar-refractivity contribution in [3.63, 3.8) is 0 Å². The predicted molar refractivity (Wildman–Crippen MR) is 64.6 cm³/mol. The molecule has 2 nitrogen and oxygen atoms in total. The average molecular weight is 209 g/mol. The van der Waals surface area contributed by atoms with Crippen LogP contribution < -0.4 is 4.74 Å². The lowest BCUT2D eigenvalue weighted by molar-refractivity contribution is 0.434. The molecule has 1 aliphatic heterocycles. The molecule has 0 bridgehead atoms. The lowest BCUT2D eigenvalue weighted by Crippen LogP contribution is -2.04. The van der Waals surface area contributed by atoms with E-state index in [2.05, 4.69) is 17.1 Å². The number of aliphatic imine (C=N–C) groups is 1. The van der Waals surface area contributed by atoms with E-state index in [1.54, 1.807) is 0 Å². The van der Waals surface area contributed by atoms with E-state index in [-0.39, 0.29) is 0 Å². The van der Waals surface area contributed by atoms with E-state index in [1.807, 2.05) is 42.8 Å². The van der Waals surface area contributed by atoms with Crippen LogP contribution in [-0.2, 0) is 0 Å². The summed E-state index contributed by atoms with van der Waals surface area (Å²) in [6.07, 6.45) is 10.8. The van der Waals surface area contributed by atoms with Gasteiger partial charge in [0.15, 0.2) is 0 Å². The molecule has 0 spiro atoms. The second-order valence-corrected chi connectivity index (χ2v) is 3.71. The molecule has 0 fully saturated rings. The average Bonchev–Trinajstić information content (AvgIpc) is 2.29. The van der Waals surface area contributed by atoms with E-state index in [0.717, 1.165) is 29.1 Å². The van der Waals surface area contributed by atoms with Gasteiger partial charge in [-0.25, -0.2) is 0 Å². The summed E-state index contributed by atoms with van der Waals surface area (Å²) >= 11 is 0. The summed E-state index contributed by atoms with van der Waals surface area (Å²) in [5, 5.41) is 0. The van der Waals surface area contributed by atoms with Gasteiger partial charge >= 0.3 is 0 Å². The van der Waals surface area contributed by atoms with Crippen molar-refractivity contribution in [1.29, 1.82) is 0 Å². The summed E-state index contributed by atoms with van der Waals surface area (Å²) in [6, 6.07) is 7.91. The Morgan fingerprint density at radius 1 is 1.19 bits per heavy atom. The first-order chi connectivity index (χ1) is 7.93. The van der Waals surface area contributed by atoms with Gasteiger partial charge in [-0.15, -0.1) is 0 Å². The lowest BCUT2D eigenvalue weighted by atomic mass is 10.1. The zero-order valence-electron chi connectivity index (χ0n) is 8.76. The molecule has 2 aliphatic rings. The SMILES string of the molecule is C1=C/C2=C/N=C\c3ccccc3OC2=CC1. The van der Waals surface area contributed by atoms with Gasteiger partial charge in [0.25, 0.3) is 0 Å². The monoisotopic (exact) mass is 209 g/mol. The van der Waals surface area contributed by atoms with Crippen LogP contribution in [0.4, 0.5) is 0 Å². The number of hydrogen-bond acceptors (Lipinski definition) is 2. The number of para-hydroxylation sites is 1. The Bertz CT molecular complexity index is 535. The summed E-state index contributed by atoms with van der Waals surface area (Å²) in [5.41, 5.74) is 2.03. The van der Waals surface area contributed by atoms with Gasteiger partial charge in [-0.2, -0.15) is 0 Å². The van der Waals surface area contributed by atoms with Crippen molar-refractivity contribution < 1.29 is 4.74 Å². The number of fused-ring (bicyclic) bond motifs is 2. The van der Waals surface area contributed by atoms with Gasteiger partial charge in [-0.05, 0) is 24.6 Å². The van der Waals surface area contributed by atoms with Gasteiger partial charge in [-0.3, -0.25) is 4.99 Å². The third kappa shape index (κ3) is 1.58. The zero-order valence-corrected chi connectivity index (χ0v) is 8.76. The minimum Gasteiger partial charge on any atom is -0.456 e. The van der Waals surface area contributed by atoms with Crippen LogP contribution in [0.1, 0.15) is 12.0 Å². The van der Waals surface area contributed by atoms with E-state index in [4.69, 9.17) is 4.74 Å². The minimum atomic E-state index is 0.860. The van der Waals surface area contributed by atoms with Crippen LogP contribution in [-0.4, -0.2) is 6.21 Å². The first-order valence-electron chi connectivity index (χ1n) is 5.31. The summed E-state index contributed by atoms with van der Waals surface area (Å²) in [4.78, 5) is 4.30. The molecule has 0 unspecified atom stereocenters. The van der Waals surface area contributed by atoms with Crippen molar-refractivity contribution in [3.05, 3.63) is 65.6 Å². The van der Waals surface area contributed by atoms with E-state index < -0.39 is 0 Å². The summed E-state index contributed by atoms with van der Waals surface area (Å²) < 4.78 is 5.89. The van der Waals surface area contributed by atoms with Crippen LogP contribution in [0.25, 0.3) is 0 Å². The maximum absolute atomic E-state index is 5.89. The number of nitrogens with zero attached hydrogens (tertiary/aromatic N) is 1. The first kappa shape index (κ1) is 9.16. The molecule has 0 atom stereocenters. The highest BCUT2D eigenvalue weighted by atomic mass is 16.5. The van der Waals surface area contributed by atoms with Crippen molar-refractivity contribution in [2.75, 3.05) is 0 Å². The van der Waals surface area contributed by atoms with E-state index in [0.29, 0.717) is 0 Å². The van der Waals surface area contributed by atoms with Crippen molar-refractivity contribution in [1.82, 2.24) is 0 Å². The topological polar surface area (TPSA) is 21.6 Å². The minimum absolute atomic E-state index is 0.860. The molecule has 1 heterocycles. The molecule has 16 heavy (non-hydrogen) atoms. The van der Waals surface area contributed by atoms with Crippen LogP contribution in [0.3, 0.4) is 0 Å². The van der Waals surface area contributed by atoms with Crippen LogP contribution in [0.5, 0.6) is 5.75 Å². The fourth-order valence-corrected chi connectivity index (χ4v) is 1.77. The molecule has 1 aromatic rings. The Kier molecular flexibility index (Phi) is 2.18. The van der Waals surface area contributed by atoms with Crippen molar-refractivity contribution in [2.45, 2.75) is 6.42 Å². The molecule has 0 saturated carbocycles. The van der Waals surface area contributed by atoms with Crippen molar-refractivity contribution >= 4 is 6.21 Å². The number of hydrogen-bond donors (Lipinski definition) is 0. The van der Waals surface area contributed by atoms with E-state index in [9.17, 15) is 0 Å². The van der Waals surface area contributed by atoms with Crippen molar-refractivity contribution in [2.24, 2.45) is 4.99 Å². The van der Waals surface area contributed by atoms with Gasteiger partial charge in [0.1, 0.15) is 11.5 Å². The fraction of sp³-hybridized carbons (Fsp3) is 0.0714. The summed E-state index contributed by atoms with van der Waals surface area (Å²) in [6.45, 7) is 0. The van der Waals surface area contributed by atoms with E-state index in [1.165, 1.54) is 0 Å². The lowest BCUT2D eigenvalue weighted by Gasteiger charge is -2.16. The molecule has 0 aromatic heterocycles. The summed E-state index contributed by atoms with van der Waals surface area (Å²) in [5.74, 6) is 1.75. The maximum atomic E-state index is 5.89. The standard InChI is InChI=1S/C14H11NO/c1-3-7-13-11(5-1)9-15-10-12-6-2-4-8-14(12)16-13/h1-3,5-10H,4H2/b12-10-,15-9-. The summed E-state index contributed by atoms with van der Waals surface area (Å²) in [7, 11) is 0. The number of rotatable bonds is 0. The van der Waals surface area contributed by atoms with Crippen LogP contribution in [0, 0.1) is 0 Å². The molecule has 2 heteroatoms. The van der Waals surface area contributed by atoms with E-state index >= 15 is 0 Å². The predicted octanol–water partition coefficient (Wildman–Crippen LogP) is 3.23. The van der Waals surface area contributed by atoms with Gasteiger partial charge in [0, 0.05) is 23.6 Å². The molecule has 0 amide bonds. The van der Waals surface area contributed by atoms with Gasteiger partial charge < -0.3 is 4.74 Å². The Labute approximate surface area is 94.3 Å². The highest BCUT2D eigenvalue weighted by molar-refractivity contribution is 5.84. The number of allylic oxidation sites excluding steroid dienone is 3.